The second-order valence-corrected chi connectivity index (χ2v) is 4.34. The first kappa shape index (κ1) is 11.2. The number of esters is 1. The Morgan fingerprint density at radius 2 is 2.06 bits per heavy atom. The SMILES string of the molecule is COC(=O)C1=C(N2CCCC2)CCCC=C1. The van der Waals surface area contributed by atoms with Gasteiger partial charge in [0.25, 0.3) is 0 Å². The van der Waals surface area contributed by atoms with Crippen LogP contribution in [0, 0.1) is 0 Å². The minimum Gasteiger partial charge on any atom is -0.465 e. The summed E-state index contributed by atoms with van der Waals surface area (Å²) >= 11 is 0. The monoisotopic (exact) mass is 221 g/mol. The molecule has 0 bridgehead atoms. The van der Waals surface area contributed by atoms with E-state index in [9.17, 15) is 4.79 Å². The summed E-state index contributed by atoms with van der Waals surface area (Å²) in [5.41, 5.74) is 1.96. The predicted molar refractivity (Wildman–Crippen MR) is 62.8 cm³/mol. The highest BCUT2D eigenvalue weighted by molar-refractivity contribution is 5.92. The molecule has 0 aromatic heterocycles. The van der Waals surface area contributed by atoms with Gasteiger partial charge < -0.3 is 9.64 Å². The maximum absolute atomic E-state index is 11.7. The second-order valence-electron chi connectivity index (χ2n) is 4.34. The number of likely N-dealkylation sites (tertiary alicyclic amines) is 1. The molecule has 2 aliphatic rings. The number of allylic oxidation sites excluding steroid dienone is 2. The lowest BCUT2D eigenvalue weighted by molar-refractivity contribution is -0.135. The van der Waals surface area contributed by atoms with Gasteiger partial charge in [-0.25, -0.2) is 4.79 Å². The normalized spacial score (nSPS) is 21.2. The van der Waals surface area contributed by atoms with Crippen LogP contribution in [-0.4, -0.2) is 31.1 Å². The molecule has 88 valence electrons. The Kier molecular flexibility index (Phi) is 3.65. The number of ether oxygens (including phenoxy) is 1. The number of carbonyl (C=O) groups excluding carboxylic acids is 1. The molecule has 1 aliphatic heterocycles. The number of nitrogens with zero attached hydrogens (tertiary/aromatic N) is 1. The van der Waals surface area contributed by atoms with E-state index in [4.69, 9.17) is 4.74 Å². The van der Waals surface area contributed by atoms with E-state index in [2.05, 4.69) is 11.0 Å². The quantitative estimate of drug-likeness (QED) is 0.670. The lowest BCUT2D eigenvalue weighted by Crippen LogP contribution is -2.22. The number of rotatable bonds is 2. The van der Waals surface area contributed by atoms with Crippen molar-refractivity contribution in [3.05, 3.63) is 23.4 Å². The van der Waals surface area contributed by atoms with Gasteiger partial charge in [0, 0.05) is 18.8 Å². The zero-order chi connectivity index (χ0) is 11.4. The van der Waals surface area contributed by atoms with Gasteiger partial charge in [0.2, 0.25) is 0 Å². The first-order valence-electron chi connectivity index (χ1n) is 6.06. The third kappa shape index (κ3) is 2.29. The van der Waals surface area contributed by atoms with E-state index in [1.165, 1.54) is 25.6 Å². The minimum atomic E-state index is -0.194. The fraction of sp³-hybridized carbons (Fsp3) is 0.615. The van der Waals surface area contributed by atoms with Gasteiger partial charge in [-0.3, -0.25) is 0 Å². The van der Waals surface area contributed by atoms with Crippen LogP contribution in [0.1, 0.15) is 32.1 Å². The van der Waals surface area contributed by atoms with Crippen LogP contribution in [-0.2, 0) is 9.53 Å². The fourth-order valence-electron chi connectivity index (χ4n) is 2.43. The zero-order valence-corrected chi connectivity index (χ0v) is 9.87. The Hall–Kier alpha value is -1.25. The molecule has 2 rings (SSSR count). The maximum Gasteiger partial charge on any atom is 0.339 e. The molecular formula is C13H19NO2. The van der Waals surface area contributed by atoms with Crippen molar-refractivity contribution in [2.75, 3.05) is 20.2 Å². The third-order valence-corrected chi connectivity index (χ3v) is 3.27. The molecule has 0 saturated carbocycles. The molecular weight excluding hydrogens is 202 g/mol. The van der Waals surface area contributed by atoms with Crippen molar-refractivity contribution >= 4 is 5.97 Å². The molecule has 1 saturated heterocycles. The van der Waals surface area contributed by atoms with Crippen LogP contribution in [0.2, 0.25) is 0 Å². The van der Waals surface area contributed by atoms with Crippen molar-refractivity contribution in [3.8, 4) is 0 Å². The van der Waals surface area contributed by atoms with Crippen molar-refractivity contribution in [1.82, 2.24) is 4.90 Å². The summed E-state index contributed by atoms with van der Waals surface area (Å²) in [6.45, 7) is 2.17. The van der Waals surface area contributed by atoms with Gasteiger partial charge in [0.05, 0.1) is 12.7 Å². The topological polar surface area (TPSA) is 29.5 Å². The highest BCUT2D eigenvalue weighted by Crippen LogP contribution is 2.26. The average Bonchev–Trinajstić information content (AvgIpc) is 2.72. The van der Waals surface area contributed by atoms with Gasteiger partial charge >= 0.3 is 5.97 Å². The largest absolute Gasteiger partial charge is 0.465 e. The molecule has 0 radical (unpaired) electrons. The number of hydrogen-bond acceptors (Lipinski definition) is 3. The van der Waals surface area contributed by atoms with E-state index in [-0.39, 0.29) is 5.97 Å². The first-order valence-corrected chi connectivity index (χ1v) is 6.06. The smallest absolute Gasteiger partial charge is 0.339 e. The van der Waals surface area contributed by atoms with Gasteiger partial charge in [-0.2, -0.15) is 0 Å². The maximum atomic E-state index is 11.7. The molecule has 1 heterocycles. The van der Waals surface area contributed by atoms with Crippen LogP contribution in [0.25, 0.3) is 0 Å². The summed E-state index contributed by atoms with van der Waals surface area (Å²) in [7, 11) is 1.45. The highest BCUT2D eigenvalue weighted by atomic mass is 16.5. The molecule has 1 aliphatic carbocycles. The lowest BCUT2D eigenvalue weighted by Gasteiger charge is -2.22. The molecule has 0 aromatic rings. The molecule has 0 amide bonds. The van der Waals surface area contributed by atoms with Crippen LogP contribution in [0.5, 0.6) is 0 Å². The summed E-state index contributed by atoms with van der Waals surface area (Å²) in [6.07, 6.45) is 9.67. The van der Waals surface area contributed by atoms with Crippen LogP contribution in [0.15, 0.2) is 23.4 Å². The molecule has 1 fully saturated rings. The number of methoxy groups -OCH3 is 1. The van der Waals surface area contributed by atoms with Crippen LogP contribution in [0.3, 0.4) is 0 Å². The van der Waals surface area contributed by atoms with E-state index in [0.29, 0.717) is 0 Å². The van der Waals surface area contributed by atoms with E-state index in [1.807, 2.05) is 6.08 Å². The van der Waals surface area contributed by atoms with Crippen molar-refractivity contribution < 1.29 is 9.53 Å². The fourth-order valence-corrected chi connectivity index (χ4v) is 2.43. The molecule has 3 nitrogen and oxygen atoms in total. The molecule has 0 unspecified atom stereocenters. The summed E-state index contributed by atoms with van der Waals surface area (Å²) in [5.74, 6) is -0.194. The Labute approximate surface area is 96.8 Å². The van der Waals surface area contributed by atoms with Crippen molar-refractivity contribution in [3.63, 3.8) is 0 Å². The Morgan fingerprint density at radius 1 is 1.31 bits per heavy atom. The zero-order valence-electron chi connectivity index (χ0n) is 9.87. The predicted octanol–water partition coefficient (Wildman–Crippen LogP) is 2.25. The minimum absolute atomic E-state index is 0.194. The van der Waals surface area contributed by atoms with Gasteiger partial charge in [0.15, 0.2) is 0 Å². The van der Waals surface area contributed by atoms with Gasteiger partial charge in [-0.15, -0.1) is 0 Å². The van der Waals surface area contributed by atoms with Crippen molar-refractivity contribution in [2.45, 2.75) is 32.1 Å². The number of hydrogen-bond donors (Lipinski definition) is 0. The average molecular weight is 221 g/mol. The van der Waals surface area contributed by atoms with E-state index < -0.39 is 0 Å². The first-order chi connectivity index (χ1) is 7.83. The lowest BCUT2D eigenvalue weighted by atomic mass is 10.1. The molecule has 0 spiro atoms. The van der Waals surface area contributed by atoms with Gasteiger partial charge in [0.1, 0.15) is 0 Å². The summed E-state index contributed by atoms with van der Waals surface area (Å²) in [4.78, 5) is 14.1. The van der Waals surface area contributed by atoms with Crippen LogP contribution in [0.4, 0.5) is 0 Å². The summed E-state index contributed by atoms with van der Waals surface area (Å²) in [5, 5.41) is 0. The van der Waals surface area contributed by atoms with Gasteiger partial charge in [-0.05, 0) is 38.2 Å². The van der Waals surface area contributed by atoms with E-state index in [0.717, 1.165) is 37.9 Å². The standard InChI is InChI=1S/C13H19NO2/c1-16-13(15)11-7-3-2-4-8-12(11)14-9-5-6-10-14/h3,7H,2,4-6,8-10H2,1H3. The molecule has 0 N–H and O–H groups in total. The second kappa shape index (κ2) is 5.19. The molecule has 0 aromatic carbocycles. The van der Waals surface area contributed by atoms with E-state index >= 15 is 0 Å². The Balaban J connectivity index is 2.28. The van der Waals surface area contributed by atoms with Crippen LogP contribution < -0.4 is 0 Å². The summed E-state index contributed by atoms with van der Waals surface area (Å²) in [6, 6.07) is 0. The summed E-state index contributed by atoms with van der Waals surface area (Å²) < 4.78 is 4.86. The Bertz CT molecular complexity index is 325. The van der Waals surface area contributed by atoms with Crippen molar-refractivity contribution in [2.24, 2.45) is 0 Å². The Morgan fingerprint density at radius 3 is 2.75 bits per heavy atom. The number of carbonyl (C=O) groups is 1. The van der Waals surface area contributed by atoms with Gasteiger partial charge in [-0.1, -0.05) is 6.08 Å². The highest BCUT2D eigenvalue weighted by Gasteiger charge is 2.22. The van der Waals surface area contributed by atoms with Crippen LogP contribution >= 0.6 is 0 Å². The molecule has 16 heavy (non-hydrogen) atoms. The van der Waals surface area contributed by atoms with E-state index in [1.54, 1.807) is 0 Å². The third-order valence-electron chi connectivity index (χ3n) is 3.27. The molecule has 0 atom stereocenters. The molecule has 3 heteroatoms. The van der Waals surface area contributed by atoms with Crippen molar-refractivity contribution in [1.29, 1.82) is 0 Å².